The van der Waals surface area contributed by atoms with Crippen LogP contribution in [0.1, 0.15) is 30.3 Å². The summed E-state index contributed by atoms with van der Waals surface area (Å²) in [5, 5.41) is 19.2. The SMILES string of the molecule is Cc1cc(-c2nnc(CCl)n2C2CC2)cc([N+](=O)[O-])c1. The second kappa shape index (κ2) is 4.86. The van der Waals surface area contributed by atoms with Crippen LogP contribution in [0.5, 0.6) is 0 Å². The van der Waals surface area contributed by atoms with Gasteiger partial charge in [0, 0.05) is 23.7 Å². The fourth-order valence-electron chi connectivity index (χ4n) is 2.33. The van der Waals surface area contributed by atoms with Crippen molar-refractivity contribution in [3.05, 3.63) is 39.7 Å². The van der Waals surface area contributed by atoms with Gasteiger partial charge in [-0.1, -0.05) is 0 Å². The molecule has 0 aliphatic heterocycles. The van der Waals surface area contributed by atoms with E-state index in [2.05, 4.69) is 10.2 Å². The lowest BCUT2D eigenvalue weighted by atomic mass is 10.1. The molecule has 1 fully saturated rings. The number of hydrogen-bond acceptors (Lipinski definition) is 4. The van der Waals surface area contributed by atoms with E-state index in [1.54, 1.807) is 6.07 Å². The Morgan fingerprint density at radius 2 is 2.15 bits per heavy atom. The Balaban J connectivity index is 2.13. The van der Waals surface area contributed by atoms with E-state index in [9.17, 15) is 10.1 Å². The molecule has 2 aromatic rings. The smallest absolute Gasteiger partial charge is 0.270 e. The molecule has 1 aromatic heterocycles. The Labute approximate surface area is 120 Å². The number of nitro benzene ring substituents is 1. The summed E-state index contributed by atoms with van der Waals surface area (Å²) in [6.07, 6.45) is 2.14. The number of rotatable bonds is 4. The summed E-state index contributed by atoms with van der Waals surface area (Å²) in [7, 11) is 0. The minimum Gasteiger partial charge on any atom is -0.307 e. The van der Waals surface area contributed by atoms with Gasteiger partial charge in [0.25, 0.3) is 5.69 Å². The van der Waals surface area contributed by atoms with Crippen LogP contribution in [0, 0.1) is 17.0 Å². The third kappa shape index (κ3) is 2.27. The fourth-order valence-corrected chi connectivity index (χ4v) is 2.51. The Kier molecular flexibility index (Phi) is 3.17. The molecule has 0 spiro atoms. The molecule has 1 saturated carbocycles. The van der Waals surface area contributed by atoms with Crippen molar-refractivity contribution in [2.24, 2.45) is 0 Å². The quantitative estimate of drug-likeness (QED) is 0.492. The second-order valence-corrected chi connectivity index (χ2v) is 5.26. The molecule has 104 valence electrons. The van der Waals surface area contributed by atoms with E-state index in [0.717, 1.165) is 18.4 Å². The molecule has 3 rings (SSSR count). The first-order valence-electron chi connectivity index (χ1n) is 6.36. The highest BCUT2D eigenvalue weighted by Gasteiger charge is 2.30. The van der Waals surface area contributed by atoms with E-state index >= 15 is 0 Å². The number of nitrogens with zero attached hydrogens (tertiary/aromatic N) is 4. The second-order valence-electron chi connectivity index (χ2n) is 4.99. The third-order valence-corrected chi connectivity index (χ3v) is 3.57. The van der Waals surface area contributed by atoms with Crippen LogP contribution < -0.4 is 0 Å². The summed E-state index contributed by atoms with van der Waals surface area (Å²) in [6.45, 7) is 1.83. The van der Waals surface area contributed by atoms with E-state index < -0.39 is 4.92 Å². The maximum atomic E-state index is 11.0. The van der Waals surface area contributed by atoms with Gasteiger partial charge in [-0.15, -0.1) is 21.8 Å². The molecule has 0 amide bonds. The third-order valence-electron chi connectivity index (χ3n) is 3.33. The number of non-ortho nitro benzene ring substituents is 1. The molecule has 0 saturated heterocycles. The zero-order valence-corrected chi connectivity index (χ0v) is 11.7. The van der Waals surface area contributed by atoms with Crippen LogP contribution in [-0.2, 0) is 5.88 Å². The van der Waals surface area contributed by atoms with Crippen molar-refractivity contribution >= 4 is 17.3 Å². The molecule has 0 radical (unpaired) electrons. The van der Waals surface area contributed by atoms with Crippen molar-refractivity contribution in [2.75, 3.05) is 0 Å². The van der Waals surface area contributed by atoms with Gasteiger partial charge >= 0.3 is 0 Å². The average molecular weight is 293 g/mol. The minimum absolute atomic E-state index is 0.0674. The Morgan fingerprint density at radius 1 is 1.40 bits per heavy atom. The van der Waals surface area contributed by atoms with Crippen LogP contribution in [-0.4, -0.2) is 19.7 Å². The largest absolute Gasteiger partial charge is 0.307 e. The average Bonchev–Trinajstić information content (AvgIpc) is 3.16. The molecule has 1 heterocycles. The lowest BCUT2D eigenvalue weighted by Gasteiger charge is -2.08. The van der Waals surface area contributed by atoms with Crippen molar-refractivity contribution in [3.63, 3.8) is 0 Å². The van der Waals surface area contributed by atoms with Gasteiger partial charge in [0.2, 0.25) is 0 Å². The van der Waals surface area contributed by atoms with Crippen molar-refractivity contribution in [1.82, 2.24) is 14.8 Å². The summed E-state index contributed by atoms with van der Waals surface area (Å²) in [6, 6.07) is 5.33. The zero-order chi connectivity index (χ0) is 14.3. The molecule has 6 nitrogen and oxygen atoms in total. The summed E-state index contributed by atoms with van der Waals surface area (Å²) in [5.74, 6) is 1.67. The van der Waals surface area contributed by atoms with Gasteiger partial charge in [0.1, 0.15) is 5.82 Å². The van der Waals surface area contributed by atoms with Gasteiger partial charge in [0.15, 0.2) is 5.82 Å². The van der Waals surface area contributed by atoms with Crippen LogP contribution in [0.3, 0.4) is 0 Å². The lowest BCUT2D eigenvalue weighted by Crippen LogP contribution is -2.02. The Hall–Kier alpha value is -1.95. The van der Waals surface area contributed by atoms with Gasteiger partial charge in [0.05, 0.1) is 10.8 Å². The number of nitro groups is 1. The van der Waals surface area contributed by atoms with Gasteiger partial charge in [-0.3, -0.25) is 10.1 Å². The van der Waals surface area contributed by atoms with Crippen molar-refractivity contribution in [1.29, 1.82) is 0 Å². The van der Waals surface area contributed by atoms with E-state index in [1.807, 2.05) is 17.6 Å². The number of aromatic nitrogens is 3. The Morgan fingerprint density at radius 3 is 2.75 bits per heavy atom. The molecule has 0 unspecified atom stereocenters. The predicted octanol–water partition coefficient (Wildman–Crippen LogP) is 3.24. The van der Waals surface area contributed by atoms with Crippen molar-refractivity contribution < 1.29 is 4.92 Å². The maximum Gasteiger partial charge on any atom is 0.270 e. The number of aryl methyl sites for hydroxylation is 1. The summed E-state index contributed by atoms with van der Waals surface area (Å²) in [5.41, 5.74) is 1.61. The van der Waals surface area contributed by atoms with Gasteiger partial charge in [-0.2, -0.15) is 0 Å². The molecule has 0 N–H and O–H groups in total. The minimum atomic E-state index is -0.392. The molecular formula is C13H13ClN4O2. The summed E-state index contributed by atoms with van der Waals surface area (Å²) >= 11 is 5.89. The summed E-state index contributed by atoms with van der Waals surface area (Å²) in [4.78, 5) is 10.6. The molecule has 1 aromatic carbocycles. The van der Waals surface area contributed by atoms with Crippen molar-refractivity contribution in [3.8, 4) is 11.4 Å². The van der Waals surface area contributed by atoms with Gasteiger partial charge < -0.3 is 4.57 Å². The maximum absolute atomic E-state index is 11.0. The van der Waals surface area contributed by atoms with E-state index in [0.29, 0.717) is 23.3 Å². The van der Waals surface area contributed by atoms with Crippen LogP contribution in [0.25, 0.3) is 11.4 Å². The molecule has 1 aliphatic rings. The highest BCUT2D eigenvalue weighted by molar-refractivity contribution is 6.16. The molecule has 20 heavy (non-hydrogen) atoms. The van der Waals surface area contributed by atoms with Crippen LogP contribution in [0.15, 0.2) is 18.2 Å². The topological polar surface area (TPSA) is 73.8 Å². The van der Waals surface area contributed by atoms with Crippen LogP contribution in [0.4, 0.5) is 5.69 Å². The predicted molar refractivity (Wildman–Crippen MR) is 74.7 cm³/mol. The molecule has 7 heteroatoms. The zero-order valence-electron chi connectivity index (χ0n) is 10.9. The number of benzene rings is 1. The van der Waals surface area contributed by atoms with Gasteiger partial charge in [-0.25, -0.2) is 0 Å². The molecule has 0 bridgehead atoms. The van der Waals surface area contributed by atoms with Crippen molar-refractivity contribution in [2.45, 2.75) is 31.7 Å². The first kappa shape index (κ1) is 13.1. The van der Waals surface area contributed by atoms with Crippen LogP contribution in [0.2, 0.25) is 0 Å². The number of halogens is 1. The first-order chi connectivity index (χ1) is 9.60. The monoisotopic (exact) mass is 292 g/mol. The summed E-state index contributed by atoms with van der Waals surface area (Å²) < 4.78 is 2.01. The Bertz CT molecular complexity index is 679. The van der Waals surface area contributed by atoms with E-state index in [-0.39, 0.29) is 11.6 Å². The highest BCUT2D eigenvalue weighted by Crippen LogP contribution is 2.39. The number of hydrogen-bond donors (Lipinski definition) is 0. The first-order valence-corrected chi connectivity index (χ1v) is 6.90. The van der Waals surface area contributed by atoms with E-state index in [1.165, 1.54) is 6.07 Å². The standard InChI is InChI=1S/C13H13ClN4O2/c1-8-4-9(6-11(5-8)18(19)20)13-16-15-12(7-14)17(13)10-2-3-10/h4-6,10H,2-3,7H2,1H3. The normalized spacial score (nSPS) is 14.5. The molecular weight excluding hydrogens is 280 g/mol. The highest BCUT2D eigenvalue weighted by atomic mass is 35.5. The fraction of sp³-hybridized carbons (Fsp3) is 0.385. The molecule has 0 atom stereocenters. The molecule has 1 aliphatic carbocycles. The van der Waals surface area contributed by atoms with Crippen LogP contribution >= 0.6 is 11.6 Å². The van der Waals surface area contributed by atoms with Gasteiger partial charge in [-0.05, 0) is 31.4 Å². The lowest BCUT2D eigenvalue weighted by molar-refractivity contribution is -0.384. The van der Waals surface area contributed by atoms with E-state index in [4.69, 9.17) is 11.6 Å². The number of alkyl halides is 1.